The Morgan fingerprint density at radius 2 is 2.22 bits per heavy atom. The van der Waals surface area contributed by atoms with Gasteiger partial charge in [-0.3, -0.25) is 0 Å². The van der Waals surface area contributed by atoms with Crippen molar-refractivity contribution in [3.05, 3.63) is 39.8 Å². The van der Waals surface area contributed by atoms with E-state index >= 15 is 0 Å². The molecule has 1 aromatic carbocycles. The number of ether oxygens (including phenoxy) is 1. The third kappa shape index (κ3) is 3.21. The molecule has 0 saturated heterocycles. The monoisotopic (exact) mass is 264 g/mol. The van der Waals surface area contributed by atoms with Gasteiger partial charge in [-0.15, -0.1) is 11.3 Å². The van der Waals surface area contributed by atoms with Gasteiger partial charge in [-0.05, 0) is 25.1 Å². The molecule has 1 heterocycles. The molecule has 0 atom stereocenters. The summed E-state index contributed by atoms with van der Waals surface area (Å²) >= 11 is 1.67. The zero-order chi connectivity index (χ0) is 13.0. The zero-order valence-corrected chi connectivity index (χ0v) is 11.3. The van der Waals surface area contributed by atoms with E-state index in [0.717, 1.165) is 22.9 Å². The summed E-state index contributed by atoms with van der Waals surface area (Å²) in [5.41, 5.74) is 0.829. The highest BCUT2D eigenvalue weighted by atomic mass is 32.1. The number of nitrogens with one attached hydrogen (secondary N) is 1. The highest BCUT2D eigenvalue weighted by molar-refractivity contribution is 7.11. The highest BCUT2D eigenvalue weighted by Gasteiger charge is 2.04. The number of rotatable bonds is 5. The van der Waals surface area contributed by atoms with Gasteiger partial charge in [0.1, 0.15) is 11.5 Å². The van der Waals surface area contributed by atoms with Crippen LogP contribution in [0.15, 0.2) is 24.4 Å². The van der Waals surface area contributed by atoms with Crippen molar-refractivity contribution in [2.75, 3.05) is 7.11 Å². The average Bonchev–Trinajstić information content (AvgIpc) is 2.77. The van der Waals surface area contributed by atoms with E-state index in [4.69, 9.17) is 4.74 Å². The van der Waals surface area contributed by atoms with Crippen LogP contribution in [0.3, 0.4) is 0 Å². The van der Waals surface area contributed by atoms with Gasteiger partial charge >= 0.3 is 0 Å². The number of nitrogens with zero attached hydrogens (tertiary/aromatic N) is 1. The van der Waals surface area contributed by atoms with E-state index in [1.165, 1.54) is 4.88 Å². The molecule has 0 unspecified atom stereocenters. The Kier molecular flexibility index (Phi) is 4.17. The average molecular weight is 264 g/mol. The second-order valence-corrected chi connectivity index (χ2v) is 5.26. The first-order chi connectivity index (χ1) is 8.69. The van der Waals surface area contributed by atoms with Crippen molar-refractivity contribution in [3.8, 4) is 11.5 Å². The van der Waals surface area contributed by atoms with Crippen molar-refractivity contribution in [2.45, 2.75) is 20.0 Å². The largest absolute Gasteiger partial charge is 0.508 e. The van der Waals surface area contributed by atoms with E-state index in [1.807, 2.05) is 19.2 Å². The standard InChI is InChI=1S/C13H16N2O2S/c1-9-15-8-12(18-9)7-14-6-10-5-11(17-2)3-4-13(10)16/h3-5,8,14,16H,6-7H2,1-2H3. The Morgan fingerprint density at radius 3 is 2.89 bits per heavy atom. The molecule has 0 fully saturated rings. The molecule has 0 radical (unpaired) electrons. The maximum absolute atomic E-state index is 9.73. The molecule has 0 aliphatic heterocycles. The number of aryl methyl sites for hydroxylation is 1. The van der Waals surface area contributed by atoms with E-state index in [-0.39, 0.29) is 5.75 Å². The quantitative estimate of drug-likeness (QED) is 0.871. The van der Waals surface area contributed by atoms with Crippen molar-refractivity contribution in [2.24, 2.45) is 0 Å². The van der Waals surface area contributed by atoms with E-state index in [2.05, 4.69) is 10.3 Å². The molecule has 96 valence electrons. The molecule has 18 heavy (non-hydrogen) atoms. The van der Waals surface area contributed by atoms with Crippen molar-refractivity contribution in [1.29, 1.82) is 0 Å². The SMILES string of the molecule is COc1ccc(O)c(CNCc2cnc(C)s2)c1. The molecule has 0 spiro atoms. The summed E-state index contributed by atoms with van der Waals surface area (Å²) in [5, 5.41) is 14.1. The maximum atomic E-state index is 9.73. The van der Waals surface area contributed by atoms with E-state index in [9.17, 15) is 5.11 Å². The number of hydrogen-bond acceptors (Lipinski definition) is 5. The van der Waals surface area contributed by atoms with Crippen molar-refractivity contribution in [3.63, 3.8) is 0 Å². The Hall–Kier alpha value is -1.59. The minimum absolute atomic E-state index is 0.281. The first-order valence-corrected chi connectivity index (χ1v) is 6.48. The van der Waals surface area contributed by atoms with E-state index in [1.54, 1.807) is 30.6 Å². The van der Waals surface area contributed by atoms with Crippen LogP contribution < -0.4 is 10.1 Å². The van der Waals surface area contributed by atoms with Gasteiger partial charge in [0, 0.05) is 29.7 Å². The molecule has 0 saturated carbocycles. The summed E-state index contributed by atoms with van der Waals surface area (Å²) < 4.78 is 5.13. The number of aromatic nitrogens is 1. The normalized spacial score (nSPS) is 10.6. The first-order valence-electron chi connectivity index (χ1n) is 5.67. The number of hydrogen-bond donors (Lipinski definition) is 2. The molecular weight excluding hydrogens is 248 g/mol. The van der Waals surface area contributed by atoms with Crippen LogP contribution in [0.25, 0.3) is 0 Å². The van der Waals surface area contributed by atoms with Crippen LogP contribution in [0.2, 0.25) is 0 Å². The fraction of sp³-hybridized carbons (Fsp3) is 0.308. The van der Waals surface area contributed by atoms with Gasteiger partial charge in [0.25, 0.3) is 0 Å². The molecule has 1 aromatic heterocycles. The number of aromatic hydroxyl groups is 1. The summed E-state index contributed by atoms with van der Waals surface area (Å²) in [6.07, 6.45) is 1.87. The summed E-state index contributed by atoms with van der Waals surface area (Å²) in [5.74, 6) is 1.03. The van der Waals surface area contributed by atoms with Crippen LogP contribution in [0.5, 0.6) is 11.5 Å². The number of thiazole rings is 1. The number of phenolic OH excluding ortho intramolecular Hbond substituents is 1. The third-order valence-electron chi connectivity index (χ3n) is 2.57. The van der Waals surface area contributed by atoms with Gasteiger partial charge < -0.3 is 15.2 Å². The van der Waals surface area contributed by atoms with Crippen molar-refractivity contribution in [1.82, 2.24) is 10.3 Å². The lowest BCUT2D eigenvalue weighted by Crippen LogP contribution is -2.11. The molecule has 2 rings (SSSR count). The van der Waals surface area contributed by atoms with E-state index < -0.39 is 0 Å². The van der Waals surface area contributed by atoms with Crippen LogP contribution in [0.1, 0.15) is 15.4 Å². The summed E-state index contributed by atoms with van der Waals surface area (Å²) in [6.45, 7) is 3.34. The summed E-state index contributed by atoms with van der Waals surface area (Å²) in [4.78, 5) is 5.39. The fourth-order valence-corrected chi connectivity index (χ4v) is 2.40. The van der Waals surface area contributed by atoms with Gasteiger partial charge in [0.05, 0.1) is 12.1 Å². The Bertz CT molecular complexity index is 525. The molecule has 2 aromatic rings. The molecule has 5 heteroatoms. The second-order valence-electron chi connectivity index (χ2n) is 3.94. The van der Waals surface area contributed by atoms with Crippen LogP contribution >= 0.6 is 11.3 Å². The molecule has 2 N–H and O–H groups in total. The van der Waals surface area contributed by atoms with Gasteiger partial charge in [0.2, 0.25) is 0 Å². The molecular formula is C13H16N2O2S. The topological polar surface area (TPSA) is 54.4 Å². The third-order valence-corrected chi connectivity index (χ3v) is 3.48. The Balaban J connectivity index is 1.93. The Labute approximate surface area is 110 Å². The van der Waals surface area contributed by atoms with Crippen molar-refractivity contribution < 1.29 is 9.84 Å². The minimum Gasteiger partial charge on any atom is -0.508 e. The zero-order valence-electron chi connectivity index (χ0n) is 10.4. The smallest absolute Gasteiger partial charge is 0.120 e. The lowest BCUT2D eigenvalue weighted by atomic mass is 10.2. The van der Waals surface area contributed by atoms with Crippen LogP contribution in [0.4, 0.5) is 0 Å². The molecule has 0 bridgehead atoms. The van der Waals surface area contributed by atoms with E-state index in [0.29, 0.717) is 6.54 Å². The summed E-state index contributed by atoms with van der Waals surface area (Å²) in [7, 11) is 1.61. The predicted molar refractivity (Wildman–Crippen MR) is 72.1 cm³/mol. The maximum Gasteiger partial charge on any atom is 0.120 e. The van der Waals surface area contributed by atoms with Gasteiger partial charge in [-0.1, -0.05) is 0 Å². The van der Waals surface area contributed by atoms with Crippen LogP contribution in [0, 0.1) is 6.92 Å². The van der Waals surface area contributed by atoms with Crippen LogP contribution in [-0.2, 0) is 13.1 Å². The predicted octanol–water partition coefficient (Wildman–Crippen LogP) is 2.46. The minimum atomic E-state index is 0.281. The molecule has 0 amide bonds. The molecule has 4 nitrogen and oxygen atoms in total. The summed E-state index contributed by atoms with van der Waals surface area (Å²) in [6, 6.07) is 5.22. The Morgan fingerprint density at radius 1 is 1.39 bits per heavy atom. The lowest BCUT2D eigenvalue weighted by Gasteiger charge is -2.08. The lowest BCUT2D eigenvalue weighted by molar-refractivity contribution is 0.410. The van der Waals surface area contributed by atoms with Gasteiger partial charge in [-0.2, -0.15) is 0 Å². The molecule has 0 aliphatic carbocycles. The highest BCUT2D eigenvalue weighted by Crippen LogP contribution is 2.22. The molecule has 0 aliphatic rings. The van der Waals surface area contributed by atoms with Crippen LogP contribution in [-0.4, -0.2) is 17.2 Å². The first kappa shape index (κ1) is 12.9. The number of methoxy groups -OCH3 is 1. The van der Waals surface area contributed by atoms with Gasteiger partial charge in [0.15, 0.2) is 0 Å². The number of benzene rings is 1. The number of phenols is 1. The second kappa shape index (κ2) is 5.84. The van der Waals surface area contributed by atoms with Gasteiger partial charge in [-0.25, -0.2) is 4.98 Å². The van der Waals surface area contributed by atoms with Crippen molar-refractivity contribution >= 4 is 11.3 Å². The fourth-order valence-electron chi connectivity index (χ4n) is 1.64.